The molecule has 0 unspecified atom stereocenters. The fourth-order valence-electron chi connectivity index (χ4n) is 1.52. The van der Waals surface area contributed by atoms with Crippen LogP contribution < -0.4 is 10.5 Å². The van der Waals surface area contributed by atoms with E-state index in [-0.39, 0.29) is 11.6 Å². The molecule has 2 rings (SSSR count). The summed E-state index contributed by atoms with van der Waals surface area (Å²) >= 11 is 1.45. The summed E-state index contributed by atoms with van der Waals surface area (Å²) < 4.78 is 31.2. The van der Waals surface area contributed by atoms with Crippen molar-refractivity contribution in [2.75, 3.05) is 18.1 Å². The van der Waals surface area contributed by atoms with E-state index in [4.69, 9.17) is 10.5 Å². The number of anilines is 1. The summed E-state index contributed by atoms with van der Waals surface area (Å²) in [6.45, 7) is 0.451. The molecule has 0 atom stereocenters. The normalized spacial score (nSPS) is 10.4. The molecular formula is C14H13F2NOS. The Morgan fingerprint density at radius 1 is 1.00 bits per heavy atom. The maximum absolute atomic E-state index is 13.1. The fourth-order valence-corrected chi connectivity index (χ4v) is 2.34. The number of halogens is 2. The highest BCUT2D eigenvalue weighted by Gasteiger charge is 2.00. The second-order valence-electron chi connectivity index (χ2n) is 3.87. The third-order valence-electron chi connectivity index (χ3n) is 2.33. The van der Waals surface area contributed by atoms with Gasteiger partial charge in [-0.05, 0) is 42.5 Å². The number of ether oxygens (including phenoxy) is 1. The van der Waals surface area contributed by atoms with Gasteiger partial charge in [-0.3, -0.25) is 0 Å². The van der Waals surface area contributed by atoms with Gasteiger partial charge in [0.05, 0.1) is 6.61 Å². The van der Waals surface area contributed by atoms with Crippen LogP contribution in [0.3, 0.4) is 0 Å². The zero-order chi connectivity index (χ0) is 13.7. The third kappa shape index (κ3) is 4.44. The first-order valence-electron chi connectivity index (χ1n) is 5.71. The molecule has 0 aliphatic carbocycles. The summed E-state index contributed by atoms with van der Waals surface area (Å²) in [6, 6.07) is 10.2. The Labute approximate surface area is 114 Å². The van der Waals surface area contributed by atoms with Crippen LogP contribution in [0.1, 0.15) is 0 Å². The highest BCUT2D eigenvalue weighted by molar-refractivity contribution is 7.99. The summed E-state index contributed by atoms with van der Waals surface area (Å²) in [5.41, 5.74) is 5.95. The molecule has 0 aliphatic rings. The molecule has 2 aromatic carbocycles. The minimum absolute atomic E-state index is 0.294. The Kier molecular flexibility index (Phi) is 4.63. The zero-order valence-electron chi connectivity index (χ0n) is 10.1. The van der Waals surface area contributed by atoms with Crippen LogP contribution >= 0.6 is 11.8 Å². The SMILES string of the molecule is Nc1cc(F)cc(SCCOc2ccc(F)cc2)c1. The lowest BCUT2D eigenvalue weighted by Gasteiger charge is -2.06. The molecule has 0 aromatic heterocycles. The van der Waals surface area contributed by atoms with Gasteiger partial charge >= 0.3 is 0 Å². The van der Waals surface area contributed by atoms with Crippen molar-refractivity contribution in [3.8, 4) is 5.75 Å². The van der Waals surface area contributed by atoms with Crippen molar-refractivity contribution in [1.29, 1.82) is 0 Å². The standard InChI is InChI=1S/C14H13F2NOS/c15-10-1-3-13(4-2-10)18-5-6-19-14-8-11(16)7-12(17)9-14/h1-4,7-9H,5-6,17H2. The van der Waals surface area contributed by atoms with Crippen LogP contribution in [0.2, 0.25) is 0 Å². The Bertz CT molecular complexity index is 525. The summed E-state index contributed by atoms with van der Waals surface area (Å²) in [5, 5.41) is 0. The molecule has 0 saturated carbocycles. The van der Waals surface area contributed by atoms with E-state index in [1.165, 1.54) is 36.0 Å². The molecule has 19 heavy (non-hydrogen) atoms. The van der Waals surface area contributed by atoms with E-state index in [1.807, 2.05) is 0 Å². The van der Waals surface area contributed by atoms with Crippen molar-refractivity contribution >= 4 is 17.4 Å². The highest BCUT2D eigenvalue weighted by Crippen LogP contribution is 2.22. The predicted octanol–water partition coefficient (Wildman–Crippen LogP) is 3.72. The van der Waals surface area contributed by atoms with E-state index >= 15 is 0 Å². The maximum atomic E-state index is 13.1. The van der Waals surface area contributed by atoms with E-state index in [0.29, 0.717) is 23.8 Å². The van der Waals surface area contributed by atoms with Crippen LogP contribution in [0.15, 0.2) is 47.4 Å². The smallest absolute Gasteiger partial charge is 0.126 e. The molecule has 5 heteroatoms. The summed E-state index contributed by atoms with van der Waals surface area (Å²) in [4.78, 5) is 0.764. The van der Waals surface area contributed by atoms with Crippen LogP contribution in [0, 0.1) is 11.6 Å². The number of rotatable bonds is 5. The number of thioether (sulfide) groups is 1. The monoisotopic (exact) mass is 281 g/mol. The van der Waals surface area contributed by atoms with Gasteiger partial charge in [0.15, 0.2) is 0 Å². The molecule has 2 N–H and O–H groups in total. The fraction of sp³-hybridized carbons (Fsp3) is 0.143. The number of nitrogens with two attached hydrogens (primary N) is 1. The average Bonchev–Trinajstić information content (AvgIpc) is 2.36. The van der Waals surface area contributed by atoms with E-state index in [1.54, 1.807) is 18.2 Å². The van der Waals surface area contributed by atoms with Crippen LogP contribution in [0.25, 0.3) is 0 Å². The molecular weight excluding hydrogens is 268 g/mol. The molecule has 0 radical (unpaired) electrons. The third-order valence-corrected chi connectivity index (χ3v) is 3.27. The summed E-state index contributed by atoms with van der Waals surface area (Å²) in [7, 11) is 0. The Hall–Kier alpha value is -1.75. The molecule has 0 heterocycles. The van der Waals surface area contributed by atoms with Gasteiger partial charge in [-0.2, -0.15) is 0 Å². The highest BCUT2D eigenvalue weighted by atomic mass is 32.2. The van der Waals surface area contributed by atoms with Gasteiger partial charge in [-0.1, -0.05) is 0 Å². The molecule has 0 spiro atoms. The quantitative estimate of drug-likeness (QED) is 0.515. The molecule has 0 aliphatic heterocycles. The summed E-state index contributed by atoms with van der Waals surface area (Å²) in [5.74, 6) is 0.625. The van der Waals surface area contributed by atoms with Crippen molar-refractivity contribution in [2.45, 2.75) is 4.90 Å². The maximum Gasteiger partial charge on any atom is 0.126 e. The van der Waals surface area contributed by atoms with Crippen molar-refractivity contribution in [2.24, 2.45) is 0 Å². The summed E-state index contributed by atoms with van der Waals surface area (Å²) in [6.07, 6.45) is 0. The number of nitrogen functional groups attached to an aromatic ring is 1. The topological polar surface area (TPSA) is 35.2 Å². The molecule has 0 amide bonds. The van der Waals surface area contributed by atoms with Gasteiger partial charge < -0.3 is 10.5 Å². The van der Waals surface area contributed by atoms with E-state index in [9.17, 15) is 8.78 Å². The van der Waals surface area contributed by atoms with Crippen molar-refractivity contribution in [3.63, 3.8) is 0 Å². The largest absolute Gasteiger partial charge is 0.493 e. The van der Waals surface area contributed by atoms with Crippen molar-refractivity contribution < 1.29 is 13.5 Å². The Balaban J connectivity index is 1.79. The van der Waals surface area contributed by atoms with Gasteiger partial charge in [-0.15, -0.1) is 11.8 Å². The lowest BCUT2D eigenvalue weighted by Crippen LogP contribution is -2.00. The molecule has 2 nitrogen and oxygen atoms in total. The first kappa shape index (κ1) is 13.7. The van der Waals surface area contributed by atoms with Gasteiger partial charge in [0, 0.05) is 16.3 Å². The number of benzene rings is 2. The zero-order valence-corrected chi connectivity index (χ0v) is 10.9. The minimum atomic E-state index is -0.345. The van der Waals surface area contributed by atoms with Gasteiger partial charge in [0.1, 0.15) is 17.4 Å². The second kappa shape index (κ2) is 6.43. The molecule has 100 valence electrons. The Morgan fingerprint density at radius 3 is 2.42 bits per heavy atom. The van der Waals surface area contributed by atoms with Crippen LogP contribution in [0.5, 0.6) is 5.75 Å². The molecule has 0 fully saturated rings. The predicted molar refractivity (Wildman–Crippen MR) is 73.4 cm³/mol. The van der Waals surface area contributed by atoms with E-state index < -0.39 is 0 Å². The second-order valence-corrected chi connectivity index (χ2v) is 5.04. The van der Waals surface area contributed by atoms with Gasteiger partial charge in [0.25, 0.3) is 0 Å². The molecule has 0 bridgehead atoms. The van der Waals surface area contributed by atoms with E-state index in [2.05, 4.69) is 0 Å². The van der Waals surface area contributed by atoms with Crippen LogP contribution in [-0.2, 0) is 0 Å². The lowest BCUT2D eigenvalue weighted by molar-refractivity contribution is 0.343. The molecule has 0 saturated heterocycles. The van der Waals surface area contributed by atoms with Gasteiger partial charge in [0.2, 0.25) is 0 Å². The number of hydrogen-bond donors (Lipinski definition) is 1. The Morgan fingerprint density at radius 2 is 1.74 bits per heavy atom. The lowest BCUT2D eigenvalue weighted by atomic mass is 10.3. The van der Waals surface area contributed by atoms with Crippen molar-refractivity contribution in [1.82, 2.24) is 0 Å². The minimum Gasteiger partial charge on any atom is -0.493 e. The average molecular weight is 281 g/mol. The first-order valence-corrected chi connectivity index (χ1v) is 6.69. The molecule has 2 aromatic rings. The van der Waals surface area contributed by atoms with E-state index in [0.717, 1.165) is 4.90 Å². The van der Waals surface area contributed by atoms with Crippen LogP contribution in [0.4, 0.5) is 14.5 Å². The van der Waals surface area contributed by atoms with Crippen LogP contribution in [-0.4, -0.2) is 12.4 Å². The number of hydrogen-bond acceptors (Lipinski definition) is 3. The van der Waals surface area contributed by atoms with Crippen molar-refractivity contribution in [3.05, 3.63) is 54.1 Å². The first-order chi connectivity index (χ1) is 9.13. The van der Waals surface area contributed by atoms with Gasteiger partial charge in [-0.25, -0.2) is 8.78 Å².